The molecule has 2 aromatic heterocycles. The number of halogens is 1. The number of aliphatic imine (C=N–C) groups is 1. The Morgan fingerprint density at radius 1 is 1.27 bits per heavy atom. The molecule has 3 aromatic rings. The number of aliphatic hydroxyl groups is 1. The molecule has 26 heavy (non-hydrogen) atoms. The Kier molecular flexibility index (Phi) is 8.26. The summed E-state index contributed by atoms with van der Waals surface area (Å²) in [4.78, 5) is 10.9. The molecule has 0 bridgehead atoms. The third kappa shape index (κ3) is 5.63. The van der Waals surface area contributed by atoms with Crippen molar-refractivity contribution in [2.75, 3.05) is 13.1 Å². The summed E-state index contributed by atoms with van der Waals surface area (Å²) in [6.45, 7) is 5.78. The van der Waals surface area contributed by atoms with Crippen LogP contribution in [0.2, 0.25) is 0 Å². The van der Waals surface area contributed by atoms with Crippen molar-refractivity contribution in [3.05, 3.63) is 51.3 Å². The highest BCUT2D eigenvalue weighted by Crippen LogP contribution is 2.29. The molecular weight excluding hydrogens is 479 g/mol. The quantitative estimate of drug-likeness (QED) is 0.270. The first-order valence-electron chi connectivity index (χ1n) is 8.25. The number of hydrogen-bond acceptors (Lipinski definition) is 5. The molecule has 1 aromatic carbocycles. The van der Waals surface area contributed by atoms with Crippen LogP contribution in [-0.2, 0) is 6.54 Å². The Morgan fingerprint density at radius 3 is 2.77 bits per heavy atom. The fraction of sp³-hybridized carbons (Fsp3) is 0.333. The summed E-state index contributed by atoms with van der Waals surface area (Å²) in [6.07, 6.45) is 1.30. The summed E-state index contributed by atoms with van der Waals surface area (Å²) < 4.78 is 1.19. The number of aromatic nitrogens is 1. The molecule has 140 valence electrons. The molecule has 5 nitrogen and oxygen atoms in total. The van der Waals surface area contributed by atoms with Crippen LogP contribution < -0.4 is 10.6 Å². The van der Waals surface area contributed by atoms with Crippen molar-refractivity contribution >= 4 is 62.7 Å². The molecule has 0 fully saturated rings. The van der Waals surface area contributed by atoms with Crippen LogP contribution in [0.3, 0.4) is 0 Å². The molecule has 0 saturated heterocycles. The molecular formula is C18H23IN4OS2. The maximum atomic E-state index is 10.5. The van der Waals surface area contributed by atoms with E-state index in [1.165, 1.54) is 10.1 Å². The third-order valence-corrected chi connectivity index (χ3v) is 5.76. The van der Waals surface area contributed by atoms with Gasteiger partial charge >= 0.3 is 0 Å². The smallest absolute Gasteiger partial charge is 0.191 e. The monoisotopic (exact) mass is 502 g/mol. The molecule has 8 heteroatoms. The van der Waals surface area contributed by atoms with E-state index in [4.69, 9.17) is 0 Å². The van der Waals surface area contributed by atoms with Gasteiger partial charge in [0, 0.05) is 33.7 Å². The third-order valence-electron chi connectivity index (χ3n) is 3.64. The number of aryl methyl sites for hydroxylation is 1. The largest absolute Gasteiger partial charge is 0.386 e. The number of thiazole rings is 1. The van der Waals surface area contributed by atoms with E-state index in [9.17, 15) is 5.11 Å². The molecule has 0 spiro atoms. The zero-order valence-corrected chi connectivity index (χ0v) is 18.7. The second-order valence-electron chi connectivity index (χ2n) is 5.62. The number of nitrogens with one attached hydrogen (secondary N) is 2. The first-order valence-corrected chi connectivity index (χ1v) is 9.89. The number of thiophene rings is 1. The Labute approximate surface area is 178 Å². The van der Waals surface area contributed by atoms with E-state index in [1.54, 1.807) is 22.7 Å². The van der Waals surface area contributed by atoms with Crippen molar-refractivity contribution in [3.8, 4) is 0 Å². The fourth-order valence-electron chi connectivity index (χ4n) is 2.44. The lowest BCUT2D eigenvalue weighted by atomic mass is 10.2. The van der Waals surface area contributed by atoms with Gasteiger partial charge in [0.05, 0.1) is 11.6 Å². The van der Waals surface area contributed by atoms with E-state index in [0.717, 1.165) is 21.3 Å². The highest BCUT2D eigenvalue weighted by molar-refractivity contribution is 14.0. The van der Waals surface area contributed by atoms with Crippen LogP contribution in [0, 0.1) is 6.92 Å². The van der Waals surface area contributed by atoms with E-state index >= 15 is 0 Å². The Balaban J connectivity index is 0.00000243. The van der Waals surface area contributed by atoms with E-state index in [-0.39, 0.29) is 24.0 Å². The highest BCUT2D eigenvalue weighted by atomic mass is 127. The molecule has 0 amide bonds. The number of rotatable bonds is 6. The number of guanidine groups is 1. The first-order chi connectivity index (χ1) is 12.2. The molecule has 3 rings (SSSR count). The van der Waals surface area contributed by atoms with Gasteiger partial charge in [0.15, 0.2) is 5.96 Å². The minimum absolute atomic E-state index is 0. The Morgan fingerprint density at radius 2 is 2.08 bits per heavy atom. The van der Waals surface area contributed by atoms with Gasteiger partial charge < -0.3 is 15.7 Å². The molecule has 1 atom stereocenters. The van der Waals surface area contributed by atoms with Gasteiger partial charge in [-0.05, 0) is 31.4 Å². The topological polar surface area (TPSA) is 69.5 Å². The van der Waals surface area contributed by atoms with E-state index < -0.39 is 6.10 Å². The Hall–Kier alpha value is -1.23. The standard InChI is InChI=1S/C18H22N4OS2.HI/c1-3-19-18(21-10-14-9-20-12(2)24-14)22-11-15(23)17-8-13-6-4-5-7-16(13)25-17;/h4-9,15,23H,3,10-11H2,1-2H3,(H2,19,21,22);1H. The minimum atomic E-state index is -0.563. The second kappa shape index (κ2) is 10.2. The average Bonchev–Trinajstić information content (AvgIpc) is 3.23. The predicted octanol–water partition coefficient (Wildman–Crippen LogP) is 4.07. The fourth-order valence-corrected chi connectivity index (χ4v) is 4.21. The summed E-state index contributed by atoms with van der Waals surface area (Å²) in [5, 5.41) is 19.1. The van der Waals surface area contributed by atoms with Crippen molar-refractivity contribution in [1.29, 1.82) is 0 Å². The van der Waals surface area contributed by atoms with Crippen LogP contribution in [0.25, 0.3) is 10.1 Å². The van der Waals surface area contributed by atoms with Crippen molar-refractivity contribution in [2.45, 2.75) is 26.5 Å². The first kappa shape index (κ1) is 21.1. The van der Waals surface area contributed by atoms with E-state index in [1.807, 2.05) is 32.2 Å². The molecule has 0 aliphatic heterocycles. The molecule has 0 aliphatic rings. The normalized spacial score (nSPS) is 12.7. The number of fused-ring (bicyclic) bond motifs is 1. The van der Waals surface area contributed by atoms with E-state index in [0.29, 0.717) is 19.0 Å². The van der Waals surface area contributed by atoms with Gasteiger partial charge in [0.2, 0.25) is 0 Å². The van der Waals surface area contributed by atoms with Crippen molar-refractivity contribution in [3.63, 3.8) is 0 Å². The molecule has 2 heterocycles. The summed E-state index contributed by atoms with van der Waals surface area (Å²) in [7, 11) is 0. The zero-order chi connectivity index (χ0) is 17.6. The number of nitrogens with zero attached hydrogens (tertiary/aromatic N) is 2. The number of benzene rings is 1. The SMILES string of the molecule is CCNC(=NCc1cnc(C)s1)NCC(O)c1cc2ccccc2s1.I. The summed E-state index contributed by atoms with van der Waals surface area (Å²) in [6, 6.07) is 10.2. The lowest BCUT2D eigenvalue weighted by Crippen LogP contribution is -2.39. The highest BCUT2D eigenvalue weighted by Gasteiger charge is 2.12. The maximum absolute atomic E-state index is 10.5. The predicted molar refractivity (Wildman–Crippen MR) is 122 cm³/mol. The molecule has 3 N–H and O–H groups in total. The zero-order valence-electron chi connectivity index (χ0n) is 14.7. The minimum Gasteiger partial charge on any atom is -0.386 e. The van der Waals surface area contributed by atoms with Gasteiger partial charge in [-0.2, -0.15) is 0 Å². The number of hydrogen-bond donors (Lipinski definition) is 3. The van der Waals surface area contributed by atoms with Crippen molar-refractivity contribution in [2.24, 2.45) is 4.99 Å². The average molecular weight is 502 g/mol. The molecule has 1 unspecified atom stereocenters. The van der Waals surface area contributed by atoms with Crippen LogP contribution in [0.4, 0.5) is 0 Å². The lowest BCUT2D eigenvalue weighted by molar-refractivity contribution is 0.184. The van der Waals surface area contributed by atoms with E-state index in [2.05, 4.69) is 38.8 Å². The summed E-state index contributed by atoms with van der Waals surface area (Å²) >= 11 is 3.28. The summed E-state index contributed by atoms with van der Waals surface area (Å²) in [5.74, 6) is 0.703. The number of aliphatic hydroxyl groups excluding tert-OH is 1. The van der Waals surface area contributed by atoms with Crippen LogP contribution in [0.5, 0.6) is 0 Å². The van der Waals surface area contributed by atoms with Gasteiger partial charge in [0.1, 0.15) is 6.10 Å². The van der Waals surface area contributed by atoms with Gasteiger partial charge in [-0.1, -0.05) is 18.2 Å². The van der Waals surface area contributed by atoms with Gasteiger partial charge in [-0.25, -0.2) is 9.98 Å². The Bertz CT molecular complexity index is 829. The van der Waals surface area contributed by atoms with Gasteiger partial charge in [-0.3, -0.25) is 0 Å². The van der Waals surface area contributed by atoms with Crippen molar-refractivity contribution < 1.29 is 5.11 Å². The molecule has 0 radical (unpaired) electrons. The van der Waals surface area contributed by atoms with Crippen LogP contribution >= 0.6 is 46.7 Å². The lowest BCUT2D eigenvalue weighted by Gasteiger charge is -2.14. The van der Waals surface area contributed by atoms with Gasteiger partial charge in [-0.15, -0.1) is 46.7 Å². The van der Waals surface area contributed by atoms with Crippen LogP contribution in [-0.4, -0.2) is 29.1 Å². The van der Waals surface area contributed by atoms with Crippen LogP contribution in [0.1, 0.15) is 27.8 Å². The van der Waals surface area contributed by atoms with Gasteiger partial charge in [0.25, 0.3) is 0 Å². The van der Waals surface area contributed by atoms with Crippen LogP contribution in [0.15, 0.2) is 41.5 Å². The maximum Gasteiger partial charge on any atom is 0.191 e. The summed E-state index contributed by atoms with van der Waals surface area (Å²) in [5.41, 5.74) is 0. The second-order valence-corrected chi connectivity index (χ2v) is 8.06. The van der Waals surface area contributed by atoms with Crippen molar-refractivity contribution in [1.82, 2.24) is 15.6 Å². The molecule has 0 aliphatic carbocycles. The molecule has 0 saturated carbocycles.